The molecule has 0 aliphatic heterocycles. The fraction of sp³-hybridized carbons (Fsp3) is 0.278. The number of carbonyl (C=O) groups is 2. The van der Waals surface area contributed by atoms with Crippen molar-refractivity contribution in [3.05, 3.63) is 48.0 Å². The van der Waals surface area contributed by atoms with Crippen LogP contribution in [0.25, 0.3) is 16.5 Å². The fourth-order valence-corrected chi connectivity index (χ4v) is 2.78. The molecular formula is C18H19N5O3. The molecule has 1 unspecified atom stereocenters. The predicted molar refractivity (Wildman–Crippen MR) is 95.1 cm³/mol. The summed E-state index contributed by atoms with van der Waals surface area (Å²) in [5, 5.41) is 21.6. The second-order valence-corrected chi connectivity index (χ2v) is 6.22. The number of nitrogens with one attached hydrogen (secondary N) is 1. The minimum atomic E-state index is -0.890. The first kappa shape index (κ1) is 17.5. The van der Waals surface area contributed by atoms with E-state index in [1.807, 2.05) is 24.3 Å². The van der Waals surface area contributed by atoms with Crippen molar-refractivity contribution >= 4 is 22.6 Å². The summed E-state index contributed by atoms with van der Waals surface area (Å²) in [5.41, 5.74) is 1.64. The quantitative estimate of drug-likeness (QED) is 0.701. The monoisotopic (exact) mass is 353 g/mol. The van der Waals surface area contributed by atoms with Gasteiger partial charge in [0.25, 0.3) is 5.91 Å². The van der Waals surface area contributed by atoms with Crippen LogP contribution in [0.2, 0.25) is 0 Å². The molecule has 1 atom stereocenters. The molecule has 0 fully saturated rings. The van der Waals surface area contributed by atoms with E-state index in [-0.39, 0.29) is 30.5 Å². The summed E-state index contributed by atoms with van der Waals surface area (Å²) < 4.78 is 1.62. The molecule has 26 heavy (non-hydrogen) atoms. The average Bonchev–Trinajstić information content (AvgIpc) is 3.00. The number of carbonyl (C=O) groups excluding carboxylic acids is 1. The zero-order chi connectivity index (χ0) is 18.7. The Hall–Kier alpha value is -3.29. The molecule has 2 aromatic heterocycles. The number of nitrogens with zero attached hydrogens (tertiary/aromatic N) is 4. The van der Waals surface area contributed by atoms with E-state index in [1.165, 1.54) is 0 Å². The van der Waals surface area contributed by atoms with Crippen LogP contribution in [0.5, 0.6) is 0 Å². The van der Waals surface area contributed by atoms with Crippen molar-refractivity contribution in [2.75, 3.05) is 6.54 Å². The number of fused-ring (bicyclic) bond motifs is 1. The van der Waals surface area contributed by atoms with Gasteiger partial charge < -0.3 is 10.4 Å². The maximum atomic E-state index is 12.4. The Morgan fingerprint density at radius 2 is 2.12 bits per heavy atom. The van der Waals surface area contributed by atoms with Gasteiger partial charge in [-0.05, 0) is 25.0 Å². The van der Waals surface area contributed by atoms with Crippen LogP contribution in [-0.2, 0) is 4.79 Å². The maximum Gasteiger partial charge on any atom is 0.303 e. The molecule has 2 heterocycles. The zero-order valence-electron chi connectivity index (χ0n) is 14.5. The number of carboxylic acid groups (broad SMARTS) is 1. The van der Waals surface area contributed by atoms with Gasteiger partial charge in [0.1, 0.15) is 0 Å². The summed E-state index contributed by atoms with van der Waals surface area (Å²) >= 11 is 0. The normalized spacial score (nSPS) is 12.1. The Morgan fingerprint density at radius 1 is 1.31 bits per heavy atom. The van der Waals surface area contributed by atoms with Crippen molar-refractivity contribution in [1.82, 2.24) is 25.3 Å². The number of aliphatic carboxylic acids is 1. The highest BCUT2D eigenvalue weighted by molar-refractivity contribution is 5.94. The molecule has 1 amide bonds. The predicted octanol–water partition coefficient (Wildman–Crippen LogP) is 1.96. The van der Waals surface area contributed by atoms with Crippen LogP contribution >= 0.6 is 0 Å². The zero-order valence-corrected chi connectivity index (χ0v) is 14.5. The van der Waals surface area contributed by atoms with Crippen LogP contribution in [0.15, 0.2) is 36.7 Å². The molecule has 3 aromatic rings. The minimum Gasteiger partial charge on any atom is -0.481 e. The SMILES string of the molecule is Cc1c(C(=O)NCC(C)CC(=O)O)nnn1-c1cccc2cnccc12. The molecule has 8 heteroatoms. The molecule has 0 aliphatic rings. The van der Waals surface area contributed by atoms with E-state index < -0.39 is 5.97 Å². The maximum absolute atomic E-state index is 12.4. The molecule has 8 nitrogen and oxygen atoms in total. The van der Waals surface area contributed by atoms with Crippen LogP contribution in [-0.4, -0.2) is 43.5 Å². The van der Waals surface area contributed by atoms with Gasteiger partial charge in [-0.25, -0.2) is 4.68 Å². The molecule has 2 N–H and O–H groups in total. The molecule has 0 spiro atoms. The van der Waals surface area contributed by atoms with Crippen LogP contribution < -0.4 is 5.32 Å². The highest BCUT2D eigenvalue weighted by Gasteiger charge is 2.19. The van der Waals surface area contributed by atoms with Gasteiger partial charge in [-0.1, -0.05) is 24.3 Å². The van der Waals surface area contributed by atoms with Crippen molar-refractivity contribution in [2.45, 2.75) is 20.3 Å². The second kappa shape index (κ2) is 7.30. The lowest BCUT2D eigenvalue weighted by molar-refractivity contribution is -0.137. The van der Waals surface area contributed by atoms with Crippen molar-refractivity contribution in [2.24, 2.45) is 5.92 Å². The van der Waals surface area contributed by atoms with E-state index in [0.717, 1.165) is 16.5 Å². The van der Waals surface area contributed by atoms with Gasteiger partial charge in [-0.3, -0.25) is 14.6 Å². The lowest BCUT2D eigenvalue weighted by Crippen LogP contribution is -2.30. The standard InChI is InChI=1S/C18H19N5O3/c1-11(8-16(24)25)9-20-18(26)17-12(2)23(22-21-17)15-5-3-4-13-10-19-7-6-14(13)15/h3-7,10-11H,8-9H2,1-2H3,(H,20,26)(H,24,25). The summed E-state index contributed by atoms with van der Waals surface area (Å²) in [7, 11) is 0. The Balaban J connectivity index is 1.84. The van der Waals surface area contributed by atoms with Crippen LogP contribution in [0, 0.1) is 12.8 Å². The Kier molecular flexibility index (Phi) is 4.92. The van der Waals surface area contributed by atoms with Crippen LogP contribution in [0.3, 0.4) is 0 Å². The van der Waals surface area contributed by atoms with Crippen molar-refractivity contribution in [3.8, 4) is 5.69 Å². The number of hydrogen-bond acceptors (Lipinski definition) is 5. The molecule has 1 aromatic carbocycles. The summed E-state index contributed by atoms with van der Waals surface area (Å²) in [6, 6.07) is 7.64. The Morgan fingerprint density at radius 3 is 2.88 bits per heavy atom. The van der Waals surface area contributed by atoms with Gasteiger partial charge in [0.05, 0.1) is 11.4 Å². The van der Waals surface area contributed by atoms with Crippen LogP contribution in [0.1, 0.15) is 29.5 Å². The molecule has 0 aliphatic carbocycles. The third-order valence-corrected chi connectivity index (χ3v) is 4.13. The van der Waals surface area contributed by atoms with E-state index in [0.29, 0.717) is 5.69 Å². The first-order valence-electron chi connectivity index (χ1n) is 8.22. The molecule has 0 saturated heterocycles. The van der Waals surface area contributed by atoms with Gasteiger partial charge in [-0.2, -0.15) is 0 Å². The smallest absolute Gasteiger partial charge is 0.303 e. The summed E-state index contributed by atoms with van der Waals surface area (Å²) in [6.07, 6.45) is 3.47. The fourth-order valence-electron chi connectivity index (χ4n) is 2.78. The number of hydrogen-bond donors (Lipinski definition) is 2. The second-order valence-electron chi connectivity index (χ2n) is 6.22. The van der Waals surface area contributed by atoms with E-state index >= 15 is 0 Å². The number of carboxylic acids is 1. The third kappa shape index (κ3) is 3.53. The number of aromatic nitrogens is 4. The van der Waals surface area contributed by atoms with Gasteiger partial charge in [0.15, 0.2) is 5.69 Å². The highest BCUT2D eigenvalue weighted by Crippen LogP contribution is 2.22. The van der Waals surface area contributed by atoms with Crippen molar-refractivity contribution in [1.29, 1.82) is 0 Å². The van der Waals surface area contributed by atoms with Gasteiger partial charge in [0.2, 0.25) is 0 Å². The molecule has 0 bridgehead atoms. The Bertz CT molecular complexity index is 961. The van der Waals surface area contributed by atoms with E-state index in [2.05, 4.69) is 20.6 Å². The summed E-state index contributed by atoms with van der Waals surface area (Å²) in [4.78, 5) is 27.2. The highest BCUT2D eigenvalue weighted by atomic mass is 16.4. The van der Waals surface area contributed by atoms with E-state index in [1.54, 1.807) is 30.9 Å². The molecule has 0 radical (unpaired) electrons. The molecule has 0 saturated carbocycles. The first-order chi connectivity index (χ1) is 12.5. The summed E-state index contributed by atoms with van der Waals surface area (Å²) in [6.45, 7) is 3.80. The lowest BCUT2D eigenvalue weighted by Gasteiger charge is -2.10. The van der Waals surface area contributed by atoms with E-state index in [9.17, 15) is 9.59 Å². The molecule has 134 valence electrons. The first-order valence-corrected chi connectivity index (χ1v) is 8.22. The van der Waals surface area contributed by atoms with Crippen LogP contribution in [0.4, 0.5) is 0 Å². The molecular weight excluding hydrogens is 334 g/mol. The van der Waals surface area contributed by atoms with Gasteiger partial charge in [-0.15, -0.1) is 5.10 Å². The Labute approximate surface area is 149 Å². The number of amides is 1. The molecule has 3 rings (SSSR count). The van der Waals surface area contributed by atoms with Gasteiger partial charge >= 0.3 is 5.97 Å². The van der Waals surface area contributed by atoms with Crippen molar-refractivity contribution in [3.63, 3.8) is 0 Å². The van der Waals surface area contributed by atoms with E-state index in [4.69, 9.17) is 5.11 Å². The average molecular weight is 353 g/mol. The van der Waals surface area contributed by atoms with Crippen molar-refractivity contribution < 1.29 is 14.7 Å². The third-order valence-electron chi connectivity index (χ3n) is 4.13. The number of pyridine rings is 1. The summed E-state index contributed by atoms with van der Waals surface area (Å²) in [5.74, 6) is -1.43. The van der Waals surface area contributed by atoms with Gasteiger partial charge in [0, 0.05) is 36.1 Å². The topological polar surface area (TPSA) is 110 Å². The number of rotatable bonds is 6. The lowest BCUT2D eigenvalue weighted by atomic mass is 10.1. The number of benzene rings is 1. The minimum absolute atomic E-state index is 0.00398. The largest absolute Gasteiger partial charge is 0.481 e.